The second-order valence-corrected chi connectivity index (χ2v) is 6.30. The van der Waals surface area contributed by atoms with Crippen LogP contribution in [-0.2, 0) is 4.74 Å². The van der Waals surface area contributed by atoms with Gasteiger partial charge in [0.1, 0.15) is 0 Å². The molecule has 4 nitrogen and oxygen atoms in total. The number of ether oxygens (including phenoxy) is 1. The van der Waals surface area contributed by atoms with E-state index in [0.717, 1.165) is 16.4 Å². The number of hydrogen-bond donors (Lipinski definition) is 1. The first-order valence-corrected chi connectivity index (χ1v) is 7.03. The lowest BCUT2D eigenvalue weighted by atomic mass is 10.0. The quantitative estimate of drug-likeness (QED) is 0.865. The molecule has 1 saturated heterocycles. The van der Waals surface area contributed by atoms with Crippen molar-refractivity contribution in [3.63, 3.8) is 0 Å². The van der Waals surface area contributed by atoms with Crippen molar-refractivity contribution in [2.45, 2.75) is 25.6 Å². The summed E-state index contributed by atoms with van der Waals surface area (Å²) in [5.74, 6) is 0. The van der Waals surface area contributed by atoms with Crippen molar-refractivity contribution >= 4 is 27.9 Å². The Hall–Kier alpha value is -0.910. The minimum Gasteiger partial charge on any atom is -0.394 e. The Balaban J connectivity index is 2.32. The third-order valence-electron chi connectivity index (χ3n) is 3.14. The molecule has 0 bridgehead atoms. The molecule has 1 aromatic rings. The first-order valence-electron chi connectivity index (χ1n) is 6.23. The van der Waals surface area contributed by atoms with Gasteiger partial charge in [-0.25, -0.2) is 0 Å². The average Bonchev–Trinajstić information content (AvgIpc) is 2.36. The monoisotopic (exact) mass is 327 g/mol. The number of aliphatic hydroxyl groups excluding tert-OH is 1. The van der Waals surface area contributed by atoms with Crippen LogP contribution >= 0.6 is 15.9 Å². The molecule has 5 heteroatoms. The van der Waals surface area contributed by atoms with E-state index in [9.17, 15) is 9.90 Å². The van der Waals surface area contributed by atoms with E-state index in [1.807, 2.05) is 26.0 Å². The molecule has 0 aliphatic carbocycles. The van der Waals surface area contributed by atoms with Gasteiger partial charge in [0.15, 0.2) is 6.29 Å². The molecule has 1 unspecified atom stereocenters. The number of carbonyl (C=O) groups is 1. The van der Waals surface area contributed by atoms with Crippen LogP contribution in [0.25, 0.3) is 0 Å². The molecule has 1 aliphatic rings. The highest BCUT2D eigenvalue weighted by atomic mass is 79.9. The Bertz CT molecular complexity index is 476. The highest BCUT2D eigenvalue weighted by molar-refractivity contribution is 9.10. The predicted molar refractivity (Wildman–Crippen MR) is 77.8 cm³/mol. The Labute approximate surface area is 121 Å². The first kappa shape index (κ1) is 14.5. The van der Waals surface area contributed by atoms with Gasteiger partial charge < -0.3 is 14.7 Å². The van der Waals surface area contributed by atoms with E-state index in [1.165, 1.54) is 0 Å². The number of aldehydes is 1. The summed E-state index contributed by atoms with van der Waals surface area (Å²) >= 11 is 3.37. The number of benzene rings is 1. The summed E-state index contributed by atoms with van der Waals surface area (Å²) in [5.41, 5.74) is 1.18. The summed E-state index contributed by atoms with van der Waals surface area (Å²) in [6.45, 7) is 5.23. The number of rotatable bonds is 3. The minimum atomic E-state index is -0.348. The van der Waals surface area contributed by atoms with Gasteiger partial charge in [0, 0.05) is 28.8 Å². The molecule has 0 aromatic heterocycles. The Morgan fingerprint density at radius 2 is 2.32 bits per heavy atom. The Morgan fingerprint density at radius 1 is 1.58 bits per heavy atom. The Morgan fingerprint density at radius 3 is 2.95 bits per heavy atom. The number of hydrogen-bond acceptors (Lipinski definition) is 4. The number of anilines is 1. The largest absolute Gasteiger partial charge is 0.394 e. The molecular weight excluding hydrogens is 310 g/mol. The lowest BCUT2D eigenvalue weighted by Gasteiger charge is -2.43. The summed E-state index contributed by atoms with van der Waals surface area (Å²) in [6, 6.07) is 5.64. The summed E-state index contributed by atoms with van der Waals surface area (Å²) < 4.78 is 6.66. The molecule has 1 aromatic carbocycles. The topological polar surface area (TPSA) is 49.8 Å². The van der Waals surface area contributed by atoms with Crippen LogP contribution in [0.4, 0.5) is 5.69 Å². The fraction of sp³-hybridized carbons (Fsp3) is 0.500. The van der Waals surface area contributed by atoms with Crippen LogP contribution < -0.4 is 4.90 Å². The van der Waals surface area contributed by atoms with E-state index >= 15 is 0 Å². The van der Waals surface area contributed by atoms with Crippen LogP contribution in [0, 0.1) is 0 Å². The van der Waals surface area contributed by atoms with Gasteiger partial charge in [0.2, 0.25) is 0 Å². The molecule has 104 valence electrons. The van der Waals surface area contributed by atoms with Crippen molar-refractivity contribution in [2.24, 2.45) is 0 Å². The van der Waals surface area contributed by atoms with E-state index < -0.39 is 0 Å². The molecule has 0 saturated carbocycles. The summed E-state index contributed by atoms with van der Waals surface area (Å²) in [7, 11) is 0. The maximum absolute atomic E-state index is 11.2. The van der Waals surface area contributed by atoms with Crippen LogP contribution in [0.2, 0.25) is 0 Å². The van der Waals surface area contributed by atoms with Crippen LogP contribution in [0.5, 0.6) is 0 Å². The van der Waals surface area contributed by atoms with E-state index in [4.69, 9.17) is 4.74 Å². The lowest BCUT2D eigenvalue weighted by Crippen LogP contribution is -2.54. The Kier molecular flexibility index (Phi) is 4.28. The van der Waals surface area contributed by atoms with Crippen LogP contribution in [0.15, 0.2) is 22.7 Å². The zero-order valence-corrected chi connectivity index (χ0v) is 12.7. The molecule has 2 rings (SSSR count). The fourth-order valence-electron chi connectivity index (χ4n) is 2.48. The predicted octanol–water partition coefficient (Wildman–Crippen LogP) is 2.24. The molecule has 0 amide bonds. The van der Waals surface area contributed by atoms with Crippen molar-refractivity contribution in [1.29, 1.82) is 0 Å². The molecule has 1 N–H and O–H groups in total. The van der Waals surface area contributed by atoms with Crippen molar-refractivity contribution < 1.29 is 14.6 Å². The standard InChI is InChI=1S/C14H18BrNO3/c1-14(2)9-16(6-12(8-18)19-14)13-4-3-11(15)5-10(13)7-17/h3-5,7,12,18H,6,8-9H2,1-2H3. The average molecular weight is 328 g/mol. The third kappa shape index (κ3) is 3.35. The van der Waals surface area contributed by atoms with Crippen molar-refractivity contribution in [3.05, 3.63) is 28.2 Å². The van der Waals surface area contributed by atoms with Gasteiger partial charge in [-0.1, -0.05) is 15.9 Å². The molecule has 0 radical (unpaired) electrons. The highest BCUT2D eigenvalue weighted by Gasteiger charge is 2.33. The maximum atomic E-state index is 11.2. The van der Waals surface area contributed by atoms with Gasteiger partial charge >= 0.3 is 0 Å². The maximum Gasteiger partial charge on any atom is 0.152 e. The lowest BCUT2D eigenvalue weighted by molar-refractivity contribution is -0.101. The second-order valence-electron chi connectivity index (χ2n) is 5.38. The number of carbonyl (C=O) groups excluding carboxylic acids is 1. The number of nitrogens with zero attached hydrogens (tertiary/aromatic N) is 1. The molecule has 0 spiro atoms. The second kappa shape index (κ2) is 5.61. The van der Waals surface area contributed by atoms with E-state index in [1.54, 1.807) is 6.07 Å². The normalized spacial score (nSPS) is 22.3. The fourth-order valence-corrected chi connectivity index (χ4v) is 2.86. The number of morpholine rings is 1. The minimum absolute atomic E-state index is 0.0210. The summed E-state index contributed by atoms with van der Waals surface area (Å²) in [5, 5.41) is 9.33. The van der Waals surface area contributed by atoms with Crippen molar-refractivity contribution in [3.8, 4) is 0 Å². The van der Waals surface area contributed by atoms with Gasteiger partial charge in [-0.05, 0) is 32.0 Å². The van der Waals surface area contributed by atoms with Gasteiger partial charge in [0.05, 0.1) is 18.3 Å². The molecule has 1 atom stereocenters. The van der Waals surface area contributed by atoms with E-state index in [0.29, 0.717) is 18.7 Å². The van der Waals surface area contributed by atoms with Gasteiger partial charge in [-0.15, -0.1) is 0 Å². The zero-order valence-electron chi connectivity index (χ0n) is 11.1. The van der Waals surface area contributed by atoms with Gasteiger partial charge in [-0.3, -0.25) is 4.79 Å². The third-order valence-corrected chi connectivity index (χ3v) is 3.64. The number of aliphatic hydroxyl groups is 1. The molecule has 19 heavy (non-hydrogen) atoms. The summed E-state index contributed by atoms with van der Waals surface area (Å²) in [4.78, 5) is 13.3. The smallest absolute Gasteiger partial charge is 0.152 e. The molecule has 1 heterocycles. The van der Waals surface area contributed by atoms with Crippen LogP contribution in [-0.4, -0.2) is 42.8 Å². The highest BCUT2D eigenvalue weighted by Crippen LogP contribution is 2.29. The zero-order chi connectivity index (χ0) is 14.0. The van der Waals surface area contributed by atoms with Gasteiger partial charge in [-0.2, -0.15) is 0 Å². The molecule has 1 fully saturated rings. The first-order chi connectivity index (χ1) is 8.95. The summed E-state index contributed by atoms with van der Waals surface area (Å²) in [6.07, 6.45) is 0.628. The molecule has 1 aliphatic heterocycles. The molecular formula is C14H18BrNO3. The van der Waals surface area contributed by atoms with Crippen molar-refractivity contribution in [1.82, 2.24) is 0 Å². The van der Waals surface area contributed by atoms with Crippen molar-refractivity contribution in [2.75, 3.05) is 24.6 Å². The van der Waals surface area contributed by atoms with E-state index in [2.05, 4.69) is 20.8 Å². The van der Waals surface area contributed by atoms with E-state index in [-0.39, 0.29) is 18.3 Å². The van der Waals surface area contributed by atoms with Gasteiger partial charge in [0.25, 0.3) is 0 Å². The van der Waals surface area contributed by atoms with Crippen LogP contribution in [0.3, 0.4) is 0 Å². The number of halogens is 1. The SMILES string of the molecule is CC1(C)CN(c2ccc(Br)cc2C=O)CC(CO)O1. The van der Waals surface area contributed by atoms with Crippen LogP contribution in [0.1, 0.15) is 24.2 Å².